The highest BCUT2D eigenvalue weighted by atomic mass is 15.2. The third kappa shape index (κ3) is 5.20. The highest BCUT2D eigenvalue weighted by Gasteiger charge is 2.42. The smallest absolute Gasteiger partial charge is 0.238 e. The van der Waals surface area contributed by atoms with Gasteiger partial charge in [-0.2, -0.15) is 9.97 Å². The second kappa shape index (κ2) is 13.2. The van der Waals surface area contributed by atoms with Crippen molar-refractivity contribution in [1.29, 1.82) is 0 Å². The van der Waals surface area contributed by atoms with E-state index in [0.29, 0.717) is 17.6 Å². The van der Waals surface area contributed by atoms with E-state index in [1.807, 2.05) is 36.4 Å². The van der Waals surface area contributed by atoms with Crippen LogP contribution in [0.1, 0.15) is 11.5 Å². The molecule has 0 N–H and O–H groups in total. The molecule has 0 fully saturated rings. The van der Waals surface area contributed by atoms with Crippen LogP contribution >= 0.6 is 0 Å². The molecule has 0 spiro atoms. The number of benzene rings is 7. The largest absolute Gasteiger partial charge is 0.332 e. The highest BCUT2D eigenvalue weighted by Crippen LogP contribution is 2.56. The van der Waals surface area contributed by atoms with Crippen molar-refractivity contribution in [1.82, 2.24) is 19.5 Å². The van der Waals surface area contributed by atoms with E-state index in [1.54, 1.807) is 0 Å². The molecule has 0 saturated carbocycles. The Morgan fingerprint density at radius 3 is 1.71 bits per heavy atom. The second-order valence-corrected chi connectivity index (χ2v) is 14.4. The maximum absolute atomic E-state index is 5.31. The normalized spacial score (nSPS) is 15.7. The molecule has 2 atom stereocenters. The van der Waals surface area contributed by atoms with Gasteiger partial charge in [0, 0.05) is 33.5 Å². The molecule has 2 aliphatic rings. The van der Waals surface area contributed by atoms with Crippen LogP contribution in [0.15, 0.2) is 200 Å². The lowest BCUT2D eigenvalue weighted by molar-refractivity contribution is 0.745. The van der Waals surface area contributed by atoms with Crippen molar-refractivity contribution in [3.63, 3.8) is 0 Å². The van der Waals surface area contributed by atoms with Gasteiger partial charge in [-0.25, -0.2) is 4.98 Å². The summed E-state index contributed by atoms with van der Waals surface area (Å²) in [6.07, 6.45) is 9.12. The van der Waals surface area contributed by atoms with Crippen molar-refractivity contribution in [2.45, 2.75) is 12.0 Å². The molecule has 7 aromatic carbocycles. The van der Waals surface area contributed by atoms with Gasteiger partial charge in [-0.15, -0.1) is 0 Å². The molecule has 9 aromatic rings. The van der Waals surface area contributed by atoms with Crippen molar-refractivity contribution < 1.29 is 0 Å². The Morgan fingerprint density at radius 1 is 0.446 bits per heavy atom. The first kappa shape index (κ1) is 32.1. The van der Waals surface area contributed by atoms with E-state index in [2.05, 4.69) is 173 Å². The topological polar surface area (TPSA) is 46.8 Å². The molecule has 264 valence electrons. The summed E-state index contributed by atoms with van der Waals surface area (Å²) in [5, 5.41) is 2.29. The van der Waals surface area contributed by atoms with Crippen molar-refractivity contribution in [3.8, 4) is 51.0 Å². The third-order valence-electron chi connectivity index (χ3n) is 11.2. The molecule has 0 amide bonds. The highest BCUT2D eigenvalue weighted by molar-refractivity contribution is 6.17. The first-order valence-electron chi connectivity index (χ1n) is 19.1. The minimum atomic E-state index is 0.0728. The number of allylic oxidation sites excluding steroid dienone is 2. The zero-order valence-electron chi connectivity index (χ0n) is 30.4. The second-order valence-electron chi connectivity index (χ2n) is 14.4. The van der Waals surface area contributed by atoms with Crippen molar-refractivity contribution in [2.24, 2.45) is 0 Å². The number of para-hydroxylation sites is 2. The van der Waals surface area contributed by atoms with Crippen molar-refractivity contribution in [2.75, 3.05) is 4.90 Å². The van der Waals surface area contributed by atoms with Gasteiger partial charge in [-0.05, 0) is 58.1 Å². The van der Waals surface area contributed by atoms with Crippen molar-refractivity contribution in [3.05, 3.63) is 206 Å². The van der Waals surface area contributed by atoms with Gasteiger partial charge < -0.3 is 4.90 Å². The van der Waals surface area contributed by atoms with Gasteiger partial charge in [0.15, 0.2) is 11.6 Å². The number of hydrogen-bond acceptors (Lipinski definition) is 4. The van der Waals surface area contributed by atoms with Crippen LogP contribution in [0.5, 0.6) is 0 Å². The van der Waals surface area contributed by atoms with E-state index < -0.39 is 0 Å². The molecule has 2 aromatic heterocycles. The van der Waals surface area contributed by atoms with Crippen LogP contribution in [0.25, 0.3) is 72.8 Å². The average molecular weight is 718 g/mol. The number of nitrogens with zero attached hydrogens (tertiary/aromatic N) is 5. The fourth-order valence-electron chi connectivity index (χ4n) is 8.69. The maximum Gasteiger partial charge on any atom is 0.238 e. The Hall–Kier alpha value is -7.37. The number of rotatable bonds is 6. The number of fused-ring (bicyclic) bond motifs is 7. The molecule has 0 radical (unpaired) electrons. The first-order chi connectivity index (χ1) is 27.8. The molecule has 56 heavy (non-hydrogen) atoms. The SMILES string of the molecule is C1=CC2c3c(-c4cccc(-c5ccccc5)c4)cc4c5ccccc5n(-c5nc(-c6ccccc6)nc(-c6ccccc6)n5)c4c3N(c3ccccc3)C2C=C1. The maximum atomic E-state index is 5.31. The van der Waals surface area contributed by atoms with Crippen LogP contribution in [0.4, 0.5) is 11.4 Å². The molecule has 5 nitrogen and oxygen atoms in total. The lowest BCUT2D eigenvalue weighted by Crippen LogP contribution is -2.28. The molecule has 11 rings (SSSR count). The number of hydrogen-bond donors (Lipinski definition) is 0. The van der Waals surface area contributed by atoms with Crippen LogP contribution in [0.3, 0.4) is 0 Å². The third-order valence-corrected chi connectivity index (χ3v) is 11.2. The monoisotopic (exact) mass is 717 g/mol. The zero-order chi connectivity index (χ0) is 37.0. The van der Waals surface area contributed by atoms with E-state index in [1.165, 1.54) is 33.5 Å². The van der Waals surface area contributed by atoms with Gasteiger partial charge in [0.05, 0.1) is 22.8 Å². The molecular formula is C51H35N5. The van der Waals surface area contributed by atoms with Crippen LogP contribution in [-0.2, 0) is 0 Å². The molecule has 0 saturated heterocycles. The Kier molecular flexibility index (Phi) is 7.56. The summed E-state index contributed by atoms with van der Waals surface area (Å²) in [5.74, 6) is 1.95. The fourth-order valence-corrected chi connectivity index (χ4v) is 8.69. The van der Waals surface area contributed by atoms with Crippen LogP contribution < -0.4 is 4.90 Å². The summed E-state index contributed by atoms with van der Waals surface area (Å²) < 4.78 is 2.29. The van der Waals surface area contributed by atoms with Gasteiger partial charge in [0.25, 0.3) is 0 Å². The van der Waals surface area contributed by atoms with E-state index in [0.717, 1.165) is 38.6 Å². The molecule has 5 heteroatoms. The molecular weight excluding hydrogens is 683 g/mol. The summed E-state index contributed by atoms with van der Waals surface area (Å²) in [4.78, 5) is 18.2. The number of anilines is 2. The summed E-state index contributed by atoms with van der Waals surface area (Å²) >= 11 is 0. The first-order valence-corrected chi connectivity index (χ1v) is 19.1. The number of aromatic nitrogens is 4. The molecule has 2 unspecified atom stereocenters. The van der Waals surface area contributed by atoms with E-state index in [-0.39, 0.29) is 12.0 Å². The predicted octanol–water partition coefficient (Wildman–Crippen LogP) is 12.4. The van der Waals surface area contributed by atoms with E-state index >= 15 is 0 Å². The van der Waals surface area contributed by atoms with Gasteiger partial charge in [-0.3, -0.25) is 4.57 Å². The quantitative estimate of drug-likeness (QED) is 0.172. The Bertz CT molecular complexity index is 2910. The van der Waals surface area contributed by atoms with Crippen LogP contribution in [0, 0.1) is 0 Å². The van der Waals surface area contributed by atoms with Crippen molar-refractivity contribution >= 4 is 33.2 Å². The summed E-state index contributed by atoms with van der Waals surface area (Å²) in [5.41, 5.74) is 12.4. The molecule has 1 aliphatic heterocycles. The summed E-state index contributed by atoms with van der Waals surface area (Å²) in [7, 11) is 0. The molecule has 0 bridgehead atoms. The standard InChI is InChI=1S/C51H35N5/c1-5-18-34(19-6-1)37-24-17-25-38(32-37)42-33-43-40-28-13-15-30-44(40)56(47(43)48-46(42)41-29-14-16-31-45(41)55(48)39-26-11-4-12-27-39)51-53-49(35-20-7-2-8-21-35)52-50(54-51)36-22-9-3-10-23-36/h1-33,41,45H. The summed E-state index contributed by atoms with van der Waals surface area (Å²) in [6, 6.07) is 62.1. The van der Waals surface area contributed by atoms with Crippen LogP contribution in [-0.4, -0.2) is 25.6 Å². The van der Waals surface area contributed by atoms with Crippen LogP contribution in [0.2, 0.25) is 0 Å². The van der Waals surface area contributed by atoms with Gasteiger partial charge in [-0.1, -0.05) is 170 Å². The van der Waals surface area contributed by atoms with Gasteiger partial charge in [0.2, 0.25) is 5.95 Å². The lowest BCUT2D eigenvalue weighted by Gasteiger charge is -2.29. The summed E-state index contributed by atoms with van der Waals surface area (Å²) in [6.45, 7) is 0. The zero-order valence-corrected chi connectivity index (χ0v) is 30.4. The minimum absolute atomic E-state index is 0.0728. The van der Waals surface area contributed by atoms with E-state index in [4.69, 9.17) is 15.0 Å². The lowest BCUT2D eigenvalue weighted by atomic mass is 9.85. The Morgan fingerprint density at radius 2 is 1.02 bits per heavy atom. The van der Waals surface area contributed by atoms with E-state index in [9.17, 15) is 0 Å². The van der Waals surface area contributed by atoms with Gasteiger partial charge in [0.1, 0.15) is 0 Å². The average Bonchev–Trinajstić information content (AvgIpc) is 3.81. The molecule has 3 heterocycles. The molecule has 1 aliphatic carbocycles. The van der Waals surface area contributed by atoms with Gasteiger partial charge >= 0.3 is 0 Å². The predicted molar refractivity (Wildman–Crippen MR) is 229 cm³/mol. The fraction of sp³-hybridized carbons (Fsp3) is 0.0392. The Labute approximate surface area is 325 Å². The minimum Gasteiger partial charge on any atom is -0.332 e. The Balaban J connectivity index is 1.28.